The lowest BCUT2D eigenvalue weighted by atomic mass is 10.1. The van der Waals surface area contributed by atoms with Gasteiger partial charge in [-0.25, -0.2) is 8.42 Å². The summed E-state index contributed by atoms with van der Waals surface area (Å²) >= 11 is 0. The number of likely N-dealkylation sites (tertiary alicyclic amines) is 1. The second kappa shape index (κ2) is 10.4. The van der Waals surface area contributed by atoms with Crippen LogP contribution in [0.4, 0.5) is 5.69 Å². The zero-order chi connectivity index (χ0) is 24.3. The molecule has 2 heterocycles. The van der Waals surface area contributed by atoms with Crippen LogP contribution < -0.4 is 9.64 Å². The second-order valence-corrected chi connectivity index (χ2v) is 11.1. The third-order valence-corrected chi connectivity index (χ3v) is 8.98. The maximum Gasteiger partial charge on any atom is 0.257 e. The lowest BCUT2D eigenvalue weighted by Gasteiger charge is -2.36. The van der Waals surface area contributed by atoms with Gasteiger partial charge in [0, 0.05) is 45.0 Å². The molecule has 2 fully saturated rings. The summed E-state index contributed by atoms with van der Waals surface area (Å²) in [5, 5.41) is 0. The van der Waals surface area contributed by atoms with Gasteiger partial charge >= 0.3 is 0 Å². The lowest BCUT2D eigenvalue weighted by Crippen LogP contribution is -2.48. The molecule has 2 aliphatic rings. The van der Waals surface area contributed by atoms with Gasteiger partial charge in [0.15, 0.2) is 0 Å². The first kappa shape index (κ1) is 24.5. The molecule has 2 aromatic carbocycles. The van der Waals surface area contributed by atoms with Crippen molar-refractivity contribution in [3.05, 3.63) is 53.1 Å². The zero-order valence-electron chi connectivity index (χ0n) is 20.4. The van der Waals surface area contributed by atoms with Gasteiger partial charge in [0.1, 0.15) is 5.75 Å². The SMILES string of the molecule is COc1ccc(S(=O)(=O)N2CCN(c3cccc(C)c3C)CC2)cc1C(=O)N1CCCCCC1. The van der Waals surface area contributed by atoms with E-state index in [9.17, 15) is 13.2 Å². The Labute approximate surface area is 203 Å². The molecule has 2 saturated heterocycles. The highest BCUT2D eigenvalue weighted by atomic mass is 32.2. The summed E-state index contributed by atoms with van der Waals surface area (Å²) in [7, 11) is -2.22. The van der Waals surface area contributed by atoms with E-state index in [0.717, 1.165) is 31.4 Å². The fraction of sp³-hybridized carbons (Fsp3) is 0.500. The van der Waals surface area contributed by atoms with Crippen LogP contribution in [0.2, 0.25) is 0 Å². The minimum atomic E-state index is -3.72. The van der Waals surface area contributed by atoms with Crippen LogP contribution >= 0.6 is 0 Å². The molecule has 0 radical (unpaired) electrons. The second-order valence-electron chi connectivity index (χ2n) is 9.18. The van der Waals surface area contributed by atoms with Crippen LogP contribution in [0, 0.1) is 13.8 Å². The van der Waals surface area contributed by atoms with E-state index in [1.165, 1.54) is 28.6 Å². The van der Waals surface area contributed by atoms with Gasteiger partial charge in [-0.15, -0.1) is 0 Å². The van der Waals surface area contributed by atoms with E-state index in [4.69, 9.17) is 4.74 Å². The van der Waals surface area contributed by atoms with Gasteiger partial charge in [-0.05, 0) is 62.1 Å². The standard InChI is InChI=1S/C26H35N3O4S/c1-20-9-8-10-24(21(20)2)27-15-17-29(18-16-27)34(31,32)22-11-12-25(33-3)23(19-22)26(30)28-13-6-4-5-7-14-28/h8-12,19H,4-7,13-18H2,1-3H3. The van der Waals surface area contributed by atoms with Crippen molar-refractivity contribution in [2.75, 3.05) is 51.3 Å². The van der Waals surface area contributed by atoms with Crippen molar-refractivity contribution < 1.29 is 17.9 Å². The Balaban J connectivity index is 1.54. The number of aryl methyl sites for hydroxylation is 1. The Bertz CT molecular complexity index is 1130. The highest BCUT2D eigenvalue weighted by molar-refractivity contribution is 7.89. The van der Waals surface area contributed by atoms with Gasteiger partial charge in [-0.1, -0.05) is 25.0 Å². The molecule has 0 N–H and O–H groups in total. The van der Waals surface area contributed by atoms with Crippen molar-refractivity contribution in [3.8, 4) is 5.75 Å². The van der Waals surface area contributed by atoms with E-state index in [1.54, 1.807) is 12.1 Å². The number of carbonyl (C=O) groups excluding carboxylic acids is 1. The number of piperazine rings is 1. The van der Waals surface area contributed by atoms with Gasteiger partial charge < -0.3 is 14.5 Å². The van der Waals surface area contributed by atoms with E-state index in [1.807, 2.05) is 11.0 Å². The molecule has 0 aromatic heterocycles. The summed E-state index contributed by atoms with van der Waals surface area (Å²) in [6.45, 7) is 7.63. The Hall–Kier alpha value is -2.58. The number of amides is 1. The molecular formula is C26H35N3O4S. The molecule has 34 heavy (non-hydrogen) atoms. The van der Waals surface area contributed by atoms with Crippen LogP contribution in [0.5, 0.6) is 5.75 Å². The molecule has 0 aliphatic carbocycles. The molecule has 8 heteroatoms. The van der Waals surface area contributed by atoms with Crippen LogP contribution in [-0.4, -0.2) is 69.9 Å². The fourth-order valence-electron chi connectivity index (χ4n) is 4.86. The first-order valence-electron chi connectivity index (χ1n) is 12.1. The average Bonchev–Trinajstić information content (AvgIpc) is 3.14. The number of benzene rings is 2. The third-order valence-electron chi connectivity index (χ3n) is 7.09. The van der Waals surface area contributed by atoms with E-state index in [-0.39, 0.29) is 10.8 Å². The van der Waals surface area contributed by atoms with Crippen molar-refractivity contribution in [2.24, 2.45) is 0 Å². The van der Waals surface area contributed by atoms with E-state index in [0.29, 0.717) is 50.6 Å². The fourth-order valence-corrected chi connectivity index (χ4v) is 6.30. The monoisotopic (exact) mass is 485 g/mol. The van der Waals surface area contributed by atoms with Gasteiger partial charge in [0.05, 0.1) is 17.6 Å². The van der Waals surface area contributed by atoms with Crippen LogP contribution in [-0.2, 0) is 10.0 Å². The summed E-state index contributed by atoms with van der Waals surface area (Å²) in [4.78, 5) is 17.5. The average molecular weight is 486 g/mol. The van der Waals surface area contributed by atoms with Crippen LogP contribution in [0.15, 0.2) is 41.3 Å². The van der Waals surface area contributed by atoms with E-state index < -0.39 is 10.0 Å². The number of hydrogen-bond acceptors (Lipinski definition) is 5. The van der Waals surface area contributed by atoms with Crippen LogP contribution in [0.3, 0.4) is 0 Å². The number of methoxy groups -OCH3 is 1. The smallest absolute Gasteiger partial charge is 0.257 e. The molecule has 0 bridgehead atoms. The molecule has 4 rings (SSSR count). The number of anilines is 1. The van der Waals surface area contributed by atoms with E-state index in [2.05, 4.69) is 30.9 Å². The number of carbonyl (C=O) groups is 1. The summed E-state index contributed by atoms with van der Waals surface area (Å²) in [5.74, 6) is 0.253. The third kappa shape index (κ3) is 4.93. The number of nitrogens with zero attached hydrogens (tertiary/aromatic N) is 3. The first-order chi connectivity index (χ1) is 16.3. The molecule has 7 nitrogen and oxygen atoms in total. The number of sulfonamides is 1. The zero-order valence-corrected chi connectivity index (χ0v) is 21.2. The summed E-state index contributed by atoms with van der Waals surface area (Å²) in [5.41, 5.74) is 3.93. The molecule has 0 unspecified atom stereocenters. The summed E-state index contributed by atoms with van der Waals surface area (Å²) in [6, 6.07) is 10.9. The van der Waals surface area contributed by atoms with Crippen molar-refractivity contribution in [2.45, 2.75) is 44.4 Å². The largest absolute Gasteiger partial charge is 0.496 e. The quantitative estimate of drug-likeness (QED) is 0.644. The maximum atomic E-state index is 13.5. The summed E-state index contributed by atoms with van der Waals surface area (Å²) < 4.78 is 33.9. The van der Waals surface area contributed by atoms with Crippen molar-refractivity contribution in [1.29, 1.82) is 0 Å². The lowest BCUT2D eigenvalue weighted by molar-refractivity contribution is 0.0758. The topological polar surface area (TPSA) is 70.2 Å². The normalized spacial score (nSPS) is 18.0. The van der Waals surface area contributed by atoms with E-state index >= 15 is 0 Å². The number of rotatable bonds is 5. The minimum Gasteiger partial charge on any atom is -0.496 e. The Morgan fingerprint density at radius 1 is 0.882 bits per heavy atom. The number of ether oxygens (including phenoxy) is 1. The maximum absolute atomic E-state index is 13.5. The molecule has 0 atom stereocenters. The molecule has 0 saturated carbocycles. The number of hydrogen-bond donors (Lipinski definition) is 0. The predicted octanol–water partition coefficient (Wildman–Crippen LogP) is 3.84. The highest BCUT2D eigenvalue weighted by Crippen LogP contribution is 2.29. The molecular weight excluding hydrogens is 450 g/mol. The van der Waals surface area contributed by atoms with Gasteiger partial charge in [-0.3, -0.25) is 4.79 Å². The van der Waals surface area contributed by atoms with Crippen LogP contribution in [0.25, 0.3) is 0 Å². The predicted molar refractivity (Wildman–Crippen MR) is 134 cm³/mol. The molecule has 184 valence electrons. The van der Waals surface area contributed by atoms with Crippen molar-refractivity contribution in [3.63, 3.8) is 0 Å². The van der Waals surface area contributed by atoms with Gasteiger partial charge in [0.2, 0.25) is 10.0 Å². The van der Waals surface area contributed by atoms with Gasteiger partial charge in [-0.2, -0.15) is 4.31 Å². The van der Waals surface area contributed by atoms with Crippen molar-refractivity contribution in [1.82, 2.24) is 9.21 Å². The summed E-state index contributed by atoms with van der Waals surface area (Å²) in [6.07, 6.45) is 4.17. The molecule has 0 spiro atoms. The minimum absolute atomic E-state index is 0.145. The molecule has 1 amide bonds. The molecule has 2 aliphatic heterocycles. The highest BCUT2D eigenvalue weighted by Gasteiger charge is 2.31. The Morgan fingerprint density at radius 2 is 1.56 bits per heavy atom. The Kier molecular flexibility index (Phi) is 7.48. The van der Waals surface area contributed by atoms with Crippen molar-refractivity contribution >= 4 is 21.6 Å². The Morgan fingerprint density at radius 3 is 2.21 bits per heavy atom. The molecule has 2 aromatic rings. The first-order valence-corrected chi connectivity index (χ1v) is 13.6. The van der Waals surface area contributed by atoms with Gasteiger partial charge in [0.25, 0.3) is 5.91 Å². The van der Waals surface area contributed by atoms with Crippen LogP contribution in [0.1, 0.15) is 47.2 Å².